The number of carbonyl (C=O) groups excluding carboxylic acids is 1. The Morgan fingerprint density at radius 1 is 1.40 bits per heavy atom. The second kappa shape index (κ2) is 8.10. The number of carbonyl (C=O) groups is 1. The highest BCUT2D eigenvalue weighted by atomic mass is 35.5. The molecule has 0 saturated heterocycles. The van der Waals surface area contributed by atoms with Crippen LogP contribution < -0.4 is 5.32 Å². The van der Waals surface area contributed by atoms with Gasteiger partial charge in [0.2, 0.25) is 0 Å². The number of nitrogens with one attached hydrogen (secondary N) is 1. The van der Waals surface area contributed by atoms with E-state index in [0.717, 1.165) is 12.1 Å². The molecule has 0 unspecified atom stereocenters. The summed E-state index contributed by atoms with van der Waals surface area (Å²) in [6, 6.07) is 4.48. The van der Waals surface area contributed by atoms with Crippen LogP contribution in [0.2, 0.25) is 5.02 Å². The molecule has 0 saturated carbocycles. The monoisotopic (exact) mass is 444 g/mol. The second-order valence-corrected chi connectivity index (χ2v) is 6.41. The Balaban J connectivity index is 1.66. The summed E-state index contributed by atoms with van der Waals surface area (Å²) in [4.78, 5) is 26.1. The van der Waals surface area contributed by atoms with E-state index in [1.165, 1.54) is 23.7 Å². The molecule has 2 heterocycles. The van der Waals surface area contributed by atoms with Crippen molar-refractivity contribution in [3.8, 4) is 0 Å². The molecule has 14 heteroatoms. The van der Waals surface area contributed by atoms with Gasteiger partial charge >= 0.3 is 23.8 Å². The van der Waals surface area contributed by atoms with Crippen LogP contribution in [0.15, 0.2) is 28.8 Å². The van der Waals surface area contributed by atoms with Crippen LogP contribution in [0.4, 0.5) is 19.0 Å². The molecule has 0 spiro atoms. The fraction of sp³-hybridized carbons (Fsp3) is 0.250. The second-order valence-electron chi connectivity index (χ2n) is 6.03. The number of nitrogens with zero attached hydrogens (tertiary/aromatic N) is 5. The first-order valence-electron chi connectivity index (χ1n) is 8.20. The quantitative estimate of drug-likeness (QED) is 0.456. The zero-order valence-electron chi connectivity index (χ0n) is 15.1. The van der Waals surface area contributed by atoms with E-state index in [0.29, 0.717) is 5.69 Å². The van der Waals surface area contributed by atoms with Gasteiger partial charge in [-0.25, -0.2) is 0 Å². The van der Waals surface area contributed by atoms with E-state index in [9.17, 15) is 28.1 Å². The van der Waals surface area contributed by atoms with Crippen LogP contribution in [0.5, 0.6) is 0 Å². The van der Waals surface area contributed by atoms with Gasteiger partial charge in [-0.15, -0.1) is 0 Å². The standard InChI is InChI=1S/C16H12ClF3N6O4/c1-8-12(17)13(26(28)29)23-25(8)7-11-22-15(30-24-11)14(27)21-6-9-3-2-4-10(5-9)16(18,19)20/h2-5H,6-7H2,1H3,(H,21,27). The van der Waals surface area contributed by atoms with E-state index in [2.05, 4.69) is 20.6 Å². The van der Waals surface area contributed by atoms with Crippen molar-refractivity contribution in [1.29, 1.82) is 0 Å². The third-order valence-corrected chi connectivity index (χ3v) is 4.39. The summed E-state index contributed by atoms with van der Waals surface area (Å²) >= 11 is 5.85. The third-order valence-electron chi connectivity index (χ3n) is 3.95. The van der Waals surface area contributed by atoms with Gasteiger partial charge in [0.1, 0.15) is 6.54 Å². The highest BCUT2D eigenvalue weighted by Gasteiger charge is 2.30. The molecule has 0 atom stereocenters. The molecule has 0 fully saturated rings. The van der Waals surface area contributed by atoms with Gasteiger partial charge in [-0.05, 0) is 29.5 Å². The SMILES string of the molecule is Cc1c(Cl)c([N+](=O)[O-])nn1Cc1noc(C(=O)NCc2cccc(C(F)(F)F)c2)n1. The van der Waals surface area contributed by atoms with Crippen molar-refractivity contribution in [3.05, 3.63) is 67.9 Å². The van der Waals surface area contributed by atoms with Gasteiger partial charge in [0, 0.05) is 6.54 Å². The van der Waals surface area contributed by atoms with E-state index in [1.807, 2.05) is 0 Å². The molecule has 1 amide bonds. The maximum atomic E-state index is 12.7. The summed E-state index contributed by atoms with van der Waals surface area (Å²) in [5.41, 5.74) is -0.313. The van der Waals surface area contributed by atoms with Crippen LogP contribution in [0.1, 0.15) is 33.3 Å². The van der Waals surface area contributed by atoms with Crippen LogP contribution in [-0.2, 0) is 19.3 Å². The van der Waals surface area contributed by atoms with E-state index in [1.54, 1.807) is 0 Å². The zero-order valence-corrected chi connectivity index (χ0v) is 15.9. The van der Waals surface area contributed by atoms with Gasteiger partial charge in [0.05, 0.1) is 16.4 Å². The third kappa shape index (κ3) is 4.56. The number of hydrogen-bond acceptors (Lipinski definition) is 7. The number of amides is 1. The summed E-state index contributed by atoms with van der Waals surface area (Å²) in [5, 5.41) is 20.4. The molecule has 0 radical (unpaired) electrons. The minimum atomic E-state index is -4.50. The normalized spacial score (nSPS) is 11.5. The number of alkyl halides is 3. The van der Waals surface area contributed by atoms with Crippen molar-refractivity contribution in [3.63, 3.8) is 0 Å². The fourth-order valence-electron chi connectivity index (χ4n) is 2.44. The minimum absolute atomic E-state index is 0.00335. The molecule has 2 aromatic heterocycles. The Kier molecular flexibility index (Phi) is 5.73. The van der Waals surface area contributed by atoms with Crippen molar-refractivity contribution in [2.75, 3.05) is 0 Å². The Hall–Kier alpha value is -3.48. The first-order chi connectivity index (χ1) is 14.1. The predicted octanol–water partition coefficient (Wildman–Crippen LogP) is 3.13. The largest absolute Gasteiger partial charge is 0.416 e. The lowest BCUT2D eigenvalue weighted by molar-refractivity contribution is -0.389. The Morgan fingerprint density at radius 3 is 2.77 bits per heavy atom. The molecule has 0 aliphatic carbocycles. The topological polar surface area (TPSA) is 129 Å². The molecule has 158 valence electrons. The molecule has 0 aliphatic rings. The van der Waals surface area contributed by atoms with Crippen molar-refractivity contribution >= 4 is 23.3 Å². The van der Waals surface area contributed by atoms with Gasteiger partial charge in [-0.2, -0.15) is 22.8 Å². The number of nitro groups is 1. The Bertz CT molecular complexity index is 1110. The smallest absolute Gasteiger partial charge is 0.358 e. The van der Waals surface area contributed by atoms with E-state index in [-0.39, 0.29) is 29.5 Å². The molecule has 3 aromatic rings. The molecule has 30 heavy (non-hydrogen) atoms. The fourth-order valence-corrected chi connectivity index (χ4v) is 2.64. The first kappa shape index (κ1) is 21.2. The Morgan fingerprint density at radius 2 is 2.13 bits per heavy atom. The molecule has 0 aliphatic heterocycles. The first-order valence-corrected chi connectivity index (χ1v) is 8.58. The van der Waals surface area contributed by atoms with Crippen LogP contribution in [0.3, 0.4) is 0 Å². The average molecular weight is 445 g/mol. The maximum Gasteiger partial charge on any atom is 0.416 e. The van der Waals surface area contributed by atoms with E-state index >= 15 is 0 Å². The number of aromatic nitrogens is 4. The highest BCUT2D eigenvalue weighted by Crippen LogP contribution is 2.29. The highest BCUT2D eigenvalue weighted by molar-refractivity contribution is 6.33. The number of halogens is 4. The van der Waals surface area contributed by atoms with Crippen molar-refractivity contribution in [2.24, 2.45) is 0 Å². The maximum absolute atomic E-state index is 12.7. The van der Waals surface area contributed by atoms with Crippen LogP contribution in [0, 0.1) is 17.0 Å². The number of hydrogen-bond donors (Lipinski definition) is 1. The molecule has 3 rings (SSSR count). The average Bonchev–Trinajstić information content (AvgIpc) is 3.26. The van der Waals surface area contributed by atoms with Crippen molar-refractivity contribution in [2.45, 2.75) is 26.2 Å². The van der Waals surface area contributed by atoms with Gasteiger partial charge in [0.25, 0.3) is 0 Å². The summed E-state index contributed by atoms with van der Waals surface area (Å²) in [7, 11) is 0. The molecular formula is C16H12ClF3N6O4. The molecule has 0 bridgehead atoms. The van der Waals surface area contributed by atoms with Crippen LogP contribution >= 0.6 is 11.6 Å². The summed E-state index contributed by atoms with van der Waals surface area (Å²) in [5.74, 6) is -1.76. The van der Waals surface area contributed by atoms with Crippen LogP contribution in [0.25, 0.3) is 0 Å². The van der Waals surface area contributed by atoms with Crippen LogP contribution in [-0.4, -0.2) is 30.8 Å². The molecular weight excluding hydrogens is 433 g/mol. The molecule has 10 nitrogen and oxygen atoms in total. The molecule has 1 N–H and O–H groups in total. The summed E-state index contributed by atoms with van der Waals surface area (Å²) in [6.45, 7) is 1.16. The minimum Gasteiger partial charge on any atom is -0.358 e. The summed E-state index contributed by atoms with van der Waals surface area (Å²) < 4.78 is 44.2. The van der Waals surface area contributed by atoms with E-state index < -0.39 is 34.3 Å². The van der Waals surface area contributed by atoms with Crippen molar-refractivity contribution in [1.82, 2.24) is 25.2 Å². The Labute approximate surface area is 170 Å². The lowest BCUT2D eigenvalue weighted by Gasteiger charge is -2.08. The van der Waals surface area contributed by atoms with E-state index in [4.69, 9.17) is 16.1 Å². The number of benzene rings is 1. The van der Waals surface area contributed by atoms with Gasteiger partial charge in [0.15, 0.2) is 10.8 Å². The lowest BCUT2D eigenvalue weighted by atomic mass is 10.1. The number of rotatable bonds is 6. The summed E-state index contributed by atoms with van der Waals surface area (Å²) in [6.07, 6.45) is -4.50. The van der Waals surface area contributed by atoms with Gasteiger partial charge in [-0.1, -0.05) is 28.9 Å². The van der Waals surface area contributed by atoms with Crippen molar-refractivity contribution < 1.29 is 27.4 Å². The van der Waals surface area contributed by atoms with Gasteiger partial charge < -0.3 is 20.0 Å². The molecule has 1 aromatic carbocycles. The predicted molar refractivity (Wildman–Crippen MR) is 94.6 cm³/mol. The van der Waals surface area contributed by atoms with Gasteiger partial charge in [-0.3, -0.25) is 4.79 Å². The zero-order chi connectivity index (χ0) is 22.1. The lowest BCUT2D eigenvalue weighted by Crippen LogP contribution is -2.23.